The number of halogens is 3. The van der Waals surface area contributed by atoms with Crippen molar-refractivity contribution in [3.05, 3.63) is 22.2 Å². The van der Waals surface area contributed by atoms with Crippen molar-refractivity contribution in [2.24, 2.45) is 0 Å². The Labute approximate surface area is 98.6 Å². The number of alkyl halides is 1. The predicted molar refractivity (Wildman–Crippen MR) is 60.2 cm³/mol. The molecule has 1 unspecified atom stereocenters. The second-order valence-electron chi connectivity index (χ2n) is 2.98. The van der Waals surface area contributed by atoms with Gasteiger partial charge in [0.15, 0.2) is 0 Å². The largest absolute Gasteiger partial charge is 0.224 e. The Morgan fingerprint density at radius 3 is 2.36 bits per heavy atom. The zero-order chi connectivity index (χ0) is 10.6. The van der Waals surface area contributed by atoms with Crippen molar-refractivity contribution in [2.75, 3.05) is 0 Å². The van der Waals surface area contributed by atoms with Gasteiger partial charge in [-0.05, 0) is 6.42 Å². The van der Waals surface area contributed by atoms with Crippen LogP contribution in [0.4, 0.5) is 0 Å². The molecule has 14 heavy (non-hydrogen) atoms. The number of hydrogen-bond acceptors (Lipinski definition) is 2. The van der Waals surface area contributed by atoms with E-state index in [9.17, 15) is 0 Å². The summed E-state index contributed by atoms with van der Waals surface area (Å²) in [4.78, 5) is 7.71. The maximum absolute atomic E-state index is 6.15. The van der Waals surface area contributed by atoms with Crippen LogP contribution in [-0.4, -0.2) is 9.97 Å². The van der Waals surface area contributed by atoms with E-state index in [4.69, 9.17) is 34.8 Å². The molecule has 0 N–H and O–H groups in total. The Morgan fingerprint density at radius 2 is 1.86 bits per heavy atom. The van der Waals surface area contributed by atoms with E-state index in [1.807, 2.05) is 0 Å². The second-order valence-corrected chi connectivity index (χ2v) is 4.22. The molecular formula is C9H11Cl3N2. The number of aromatic nitrogens is 2. The maximum Gasteiger partial charge on any atom is 0.138 e. The lowest BCUT2D eigenvalue weighted by molar-refractivity contribution is 0.697. The van der Waals surface area contributed by atoms with Gasteiger partial charge < -0.3 is 0 Å². The van der Waals surface area contributed by atoms with Crippen molar-refractivity contribution < 1.29 is 0 Å². The first kappa shape index (κ1) is 12.0. The van der Waals surface area contributed by atoms with Crippen LogP contribution in [0, 0.1) is 0 Å². The molecule has 0 saturated carbocycles. The highest BCUT2D eigenvalue weighted by Gasteiger charge is 2.16. The Bertz CT molecular complexity index is 284. The molecule has 0 aliphatic heterocycles. The normalized spacial score (nSPS) is 12.9. The standard InChI is InChI=1S/C9H11Cl3N2/c1-2-3-4-6(10)7-8(11)13-5-14-9(7)12/h5-6H,2-4H2,1H3. The van der Waals surface area contributed by atoms with Crippen LogP contribution in [0.5, 0.6) is 0 Å². The first-order chi connectivity index (χ1) is 6.66. The molecule has 2 nitrogen and oxygen atoms in total. The minimum atomic E-state index is -0.198. The summed E-state index contributed by atoms with van der Waals surface area (Å²) in [7, 11) is 0. The van der Waals surface area contributed by atoms with E-state index in [2.05, 4.69) is 16.9 Å². The monoisotopic (exact) mass is 252 g/mol. The van der Waals surface area contributed by atoms with Gasteiger partial charge in [0.1, 0.15) is 16.6 Å². The van der Waals surface area contributed by atoms with Crippen LogP contribution < -0.4 is 0 Å². The highest BCUT2D eigenvalue weighted by atomic mass is 35.5. The van der Waals surface area contributed by atoms with E-state index < -0.39 is 0 Å². The first-order valence-corrected chi connectivity index (χ1v) is 5.66. The first-order valence-electron chi connectivity index (χ1n) is 4.46. The Balaban J connectivity index is 2.82. The van der Waals surface area contributed by atoms with Crippen molar-refractivity contribution in [1.29, 1.82) is 0 Å². The zero-order valence-corrected chi connectivity index (χ0v) is 10.1. The van der Waals surface area contributed by atoms with Crippen LogP contribution >= 0.6 is 34.8 Å². The van der Waals surface area contributed by atoms with Crippen molar-refractivity contribution in [3.8, 4) is 0 Å². The lowest BCUT2D eigenvalue weighted by Crippen LogP contribution is -1.97. The highest BCUT2D eigenvalue weighted by Crippen LogP contribution is 2.34. The van der Waals surface area contributed by atoms with Crippen molar-refractivity contribution in [2.45, 2.75) is 31.6 Å². The van der Waals surface area contributed by atoms with Gasteiger partial charge in [0.25, 0.3) is 0 Å². The third-order valence-corrected chi connectivity index (χ3v) is 2.95. The minimum Gasteiger partial charge on any atom is -0.224 e. The fourth-order valence-electron chi connectivity index (χ4n) is 1.14. The average Bonchev–Trinajstić information content (AvgIpc) is 2.14. The van der Waals surface area contributed by atoms with Gasteiger partial charge >= 0.3 is 0 Å². The number of unbranched alkanes of at least 4 members (excludes halogenated alkanes) is 1. The topological polar surface area (TPSA) is 25.8 Å². The van der Waals surface area contributed by atoms with Gasteiger partial charge in [-0.1, -0.05) is 43.0 Å². The number of rotatable bonds is 4. The maximum atomic E-state index is 6.15. The molecule has 1 aromatic rings. The molecule has 0 saturated heterocycles. The molecule has 0 aliphatic rings. The zero-order valence-electron chi connectivity index (χ0n) is 7.80. The molecule has 1 aromatic heterocycles. The molecule has 1 rings (SSSR count). The molecule has 0 aliphatic carbocycles. The SMILES string of the molecule is CCCCC(Cl)c1c(Cl)ncnc1Cl. The third-order valence-electron chi connectivity index (χ3n) is 1.91. The molecule has 1 heterocycles. The highest BCUT2D eigenvalue weighted by molar-refractivity contribution is 6.36. The van der Waals surface area contributed by atoms with E-state index in [-0.39, 0.29) is 5.38 Å². The fourth-order valence-corrected chi connectivity index (χ4v) is 2.19. The minimum absolute atomic E-state index is 0.198. The Morgan fingerprint density at radius 1 is 1.29 bits per heavy atom. The molecule has 5 heteroatoms. The molecule has 0 aromatic carbocycles. The molecule has 0 bridgehead atoms. The van der Waals surface area contributed by atoms with E-state index >= 15 is 0 Å². The molecule has 0 spiro atoms. The quantitative estimate of drug-likeness (QED) is 0.592. The van der Waals surface area contributed by atoms with E-state index in [0.29, 0.717) is 15.9 Å². The summed E-state index contributed by atoms with van der Waals surface area (Å²) < 4.78 is 0. The van der Waals surface area contributed by atoms with Crippen LogP contribution in [-0.2, 0) is 0 Å². The van der Waals surface area contributed by atoms with E-state index in [0.717, 1.165) is 19.3 Å². The predicted octanol–water partition coefficient (Wildman–Crippen LogP) is 4.25. The number of hydrogen-bond donors (Lipinski definition) is 0. The van der Waals surface area contributed by atoms with Crippen LogP contribution in [0.3, 0.4) is 0 Å². The summed E-state index contributed by atoms with van der Waals surface area (Å²) in [5.41, 5.74) is 0.644. The summed E-state index contributed by atoms with van der Waals surface area (Å²) in [6.07, 6.45) is 4.30. The van der Waals surface area contributed by atoms with Gasteiger partial charge in [0, 0.05) is 5.56 Å². The number of nitrogens with zero attached hydrogens (tertiary/aromatic N) is 2. The van der Waals surface area contributed by atoms with Gasteiger partial charge in [-0.25, -0.2) is 9.97 Å². The van der Waals surface area contributed by atoms with Crippen molar-refractivity contribution in [3.63, 3.8) is 0 Å². The summed E-state index contributed by atoms with van der Waals surface area (Å²) in [5.74, 6) is 0. The third kappa shape index (κ3) is 2.97. The summed E-state index contributed by atoms with van der Waals surface area (Å²) >= 11 is 17.9. The Hall–Kier alpha value is -0.0500. The average molecular weight is 254 g/mol. The lowest BCUT2D eigenvalue weighted by Gasteiger charge is -2.10. The van der Waals surface area contributed by atoms with Gasteiger partial charge in [-0.3, -0.25) is 0 Å². The van der Waals surface area contributed by atoms with Crippen LogP contribution in [0.2, 0.25) is 10.3 Å². The molecular weight excluding hydrogens is 242 g/mol. The molecule has 0 fully saturated rings. The summed E-state index contributed by atoms with van der Waals surface area (Å²) in [6.45, 7) is 2.11. The van der Waals surface area contributed by atoms with Crippen LogP contribution in [0.15, 0.2) is 6.33 Å². The van der Waals surface area contributed by atoms with Gasteiger partial charge in [0.05, 0.1) is 5.38 Å². The van der Waals surface area contributed by atoms with Gasteiger partial charge in [0.2, 0.25) is 0 Å². The van der Waals surface area contributed by atoms with Crippen LogP contribution in [0.1, 0.15) is 37.1 Å². The van der Waals surface area contributed by atoms with Gasteiger partial charge in [-0.15, -0.1) is 11.6 Å². The van der Waals surface area contributed by atoms with Crippen molar-refractivity contribution >= 4 is 34.8 Å². The molecule has 78 valence electrons. The smallest absolute Gasteiger partial charge is 0.138 e. The summed E-state index contributed by atoms with van der Waals surface area (Å²) in [5, 5.41) is 0.498. The Kier molecular flexibility index (Phi) is 4.93. The van der Waals surface area contributed by atoms with Crippen molar-refractivity contribution in [1.82, 2.24) is 9.97 Å². The van der Waals surface area contributed by atoms with E-state index in [1.165, 1.54) is 6.33 Å². The van der Waals surface area contributed by atoms with Gasteiger partial charge in [-0.2, -0.15) is 0 Å². The fraction of sp³-hybridized carbons (Fsp3) is 0.556. The molecule has 0 amide bonds. The molecule has 0 radical (unpaired) electrons. The second kappa shape index (κ2) is 5.74. The van der Waals surface area contributed by atoms with E-state index in [1.54, 1.807) is 0 Å². The summed E-state index contributed by atoms with van der Waals surface area (Å²) in [6, 6.07) is 0. The molecule has 1 atom stereocenters. The lowest BCUT2D eigenvalue weighted by atomic mass is 10.1. The van der Waals surface area contributed by atoms with Crippen LogP contribution in [0.25, 0.3) is 0 Å².